The van der Waals surface area contributed by atoms with Gasteiger partial charge in [-0.1, -0.05) is 13.8 Å². The Kier molecular flexibility index (Phi) is 7.68. The number of rotatable bonds is 5. The van der Waals surface area contributed by atoms with E-state index in [1.165, 1.54) is 4.31 Å². The minimum absolute atomic E-state index is 0. The average molecular weight is 416 g/mol. The minimum Gasteiger partial charge on any atom is -0.339 e. The lowest BCUT2D eigenvalue weighted by molar-refractivity contribution is 0.0758. The molecule has 0 saturated carbocycles. The highest BCUT2D eigenvalue weighted by atomic mass is 35.5. The summed E-state index contributed by atoms with van der Waals surface area (Å²) in [5.74, 6) is 1.36. The second-order valence-electron chi connectivity index (χ2n) is 7.16. The van der Waals surface area contributed by atoms with Crippen LogP contribution in [0.25, 0.3) is 0 Å². The summed E-state index contributed by atoms with van der Waals surface area (Å²) in [5.41, 5.74) is 0.564. The number of hydrogen-bond acceptors (Lipinski definition) is 4. The van der Waals surface area contributed by atoms with Crippen LogP contribution in [0.15, 0.2) is 29.2 Å². The van der Waals surface area contributed by atoms with Gasteiger partial charge in [-0.05, 0) is 62.0 Å². The van der Waals surface area contributed by atoms with E-state index < -0.39 is 10.0 Å². The van der Waals surface area contributed by atoms with Gasteiger partial charge in [0, 0.05) is 31.7 Å². The van der Waals surface area contributed by atoms with Crippen LogP contribution < -0.4 is 5.32 Å². The van der Waals surface area contributed by atoms with Crippen molar-refractivity contribution in [1.82, 2.24) is 14.5 Å². The third-order valence-corrected chi connectivity index (χ3v) is 7.82. The summed E-state index contributed by atoms with van der Waals surface area (Å²) in [7, 11) is -3.48. The minimum atomic E-state index is -3.48. The van der Waals surface area contributed by atoms with Crippen molar-refractivity contribution < 1.29 is 13.2 Å². The standard InChI is InChI=1S/C19H29N3O3S.ClH/c1-3-22(4-2)26(24,25)18-7-5-15(6-8-18)19(23)21-11-9-16-13-20-14-17(16)10-12-21;/h5-8,16-17,20H,3-4,9-14H2,1-2H3;1H/t16-,17+;. The zero-order chi connectivity index (χ0) is 18.7. The Hall–Kier alpha value is -1.15. The summed E-state index contributed by atoms with van der Waals surface area (Å²) >= 11 is 0. The van der Waals surface area contributed by atoms with E-state index in [1.807, 2.05) is 18.7 Å². The monoisotopic (exact) mass is 415 g/mol. The molecule has 3 rings (SSSR count). The molecule has 1 amide bonds. The summed E-state index contributed by atoms with van der Waals surface area (Å²) in [6, 6.07) is 6.40. The van der Waals surface area contributed by atoms with Gasteiger partial charge in [0.1, 0.15) is 0 Å². The van der Waals surface area contributed by atoms with Gasteiger partial charge in [-0.25, -0.2) is 8.42 Å². The van der Waals surface area contributed by atoms with Crippen molar-refractivity contribution in [1.29, 1.82) is 0 Å². The zero-order valence-electron chi connectivity index (χ0n) is 16.1. The Morgan fingerprint density at radius 1 is 1.07 bits per heavy atom. The smallest absolute Gasteiger partial charge is 0.253 e. The number of carbonyl (C=O) groups is 1. The van der Waals surface area contributed by atoms with Crippen LogP contribution in [0.2, 0.25) is 0 Å². The number of hydrogen-bond donors (Lipinski definition) is 1. The highest BCUT2D eigenvalue weighted by Crippen LogP contribution is 2.28. The SMILES string of the molecule is CCN(CC)S(=O)(=O)c1ccc(C(=O)N2CC[C@@H]3CNC[C@@H]3CC2)cc1.Cl. The molecule has 0 spiro atoms. The van der Waals surface area contributed by atoms with Crippen molar-refractivity contribution in [3.8, 4) is 0 Å². The second kappa shape index (κ2) is 9.37. The molecule has 2 heterocycles. The highest BCUT2D eigenvalue weighted by molar-refractivity contribution is 7.89. The Morgan fingerprint density at radius 2 is 1.59 bits per heavy atom. The quantitative estimate of drug-likeness (QED) is 0.800. The van der Waals surface area contributed by atoms with Crippen LogP contribution in [0.4, 0.5) is 0 Å². The molecule has 0 bridgehead atoms. The zero-order valence-corrected chi connectivity index (χ0v) is 17.7. The number of likely N-dealkylation sites (tertiary alicyclic amines) is 1. The molecule has 152 valence electrons. The maximum Gasteiger partial charge on any atom is 0.253 e. The summed E-state index contributed by atoms with van der Waals surface area (Å²) in [4.78, 5) is 15.0. The molecule has 1 aromatic carbocycles. The largest absolute Gasteiger partial charge is 0.339 e. The Morgan fingerprint density at radius 3 is 2.07 bits per heavy atom. The van der Waals surface area contributed by atoms with Crippen LogP contribution >= 0.6 is 12.4 Å². The molecule has 0 unspecified atom stereocenters. The van der Waals surface area contributed by atoms with Gasteiger partial charge in [-0.3, -0.25) is 4.79 Å². The predicted molar refractivity (Wildman–Crippen MR) is 109 cm³/mol. The maximum absolute atomic E-state index is 12.8. The van der Waals surface area contributed by atoms with E-state index in [1.54, 1.807) is 24.3 Å². The van der Waals surface area contributed by atoms with Crippen LogP contribution in [0.1, 0.15) is 37.0 Å². The van der Waals surface area contributed by atoms with Crippen LogP contribution in [0.3, 0.4) is 0 Å². The molecule has 2 aliphatic heterocycles. The van der Waals surface area contributed by atoms with Gasteiger partial charge in [0.25, 0.3) is 5.91 Å². The number of amides is 1. The van der Waals surface area contributed by atoms with Crippen molar-refractivity contribution in [2.45, 2.75) is 31.6 Å². The summed E-state index contributed by atoms with van der Waals surface area (Å²) in [6.45, 7) is 8.19. The van der Waals surface area contributed by atoms with Gasteiger partial charge in [0.05, 0.1) is 4.90 Å². The molecule has 0 aromatic heterocycles. The number of carbonyl (C=O) groups excluding carboxylic acids is 1. The molecule has 2 fully saturated rings. The molecule has 27 heavy (non-hydrogen) atoms. The van der Waals surface area contributed by atoms with Crippen LogP contribution in [0, 0.1) is 11.8 Å². The summed E-state index contributed by atoms with van der Waals surface area (Å²) in [5, 5.41) is 3.44. The van der Waals surface area contributed by atoms with E-state index in [-0.39, 0.29) is 23.2 Å². The molecule has 0 radical (unpaired) electrons. The molecule has 2 saturated heterocycles. The second-order valence-corrected chi connectivity index (χ2v) is 9.10. The van der Waals surface area contributed by atoms with Crippen LogP contribution in [-0.4, -0.2) is 62.8 Å². The van der Waals surface area contributed by atoms with E-state index >= 15 is 0 Å². The van der Waals surface area contributed by atoms with Gasteiger partial charge in [-0.2, -0.15) is 4.31 Å². The number of halogens is 1. The van der Waals surface area contributed by atoms with Crippen LogP contribution in [-0.2, 0) is 10.0 Å². The first kappa shape index (κ1) is 22.1. The van der Waals surface area contributed by atoms with Crippen molar-refractivity contribution in [2.24, 2.45) is 11.8 Å². The van der Waals surface area contributed by atoms with E-state index in [2.05, 4.69) is 5.32 Å². The molecule has 1 aromatic rings. The number of fused-ring (bicyclic) bond motifs is 1. The number of nitrogens with one attached hydrogen (secondary N) is 1. The van der Waals surface area contributed by atoms with E-state index in [0.717, 1.165) is 39.0 Å². The number of sulfonamides is 1. The third-order valence-electron chi connectivity index (χ3n) is 5.75. The molecule has 2 aliphatic rings. The molecule has 2 atom stereocenters. The molecule has 8 heteroatoms. The van der Waals surface area contributed by atoms with Gasteiger partial charge in [0.15, 0.2) is 0 Å². The Labute approximate surface area is 168 Å². The van der Waals surface area contributed by atoms with E-state index in [9.17, 15) is 13.2 Å². The van der Waals surface area contributed by atoms with Crippen LogP contribution in [0.5, 0.6) is 0 Å². The summed E-state index contributed by atoms with van der Waals surface area (Å²) in [6.07, 6.45) is 2.08. The first-order chi connectivity index (χ1) is 12.5. The molecule has 1 N–H and O–H groups in total. The van der Waals surface area contributed by atoms with Gasteiger partial charge >= 0.3 is 0 Å². The fourth-order valence-electron chi connectivity index (χ4n) is 4.09. The fraction of sp³-hybridized carbons (Fsp3) is 0.632. The number of benzene rings is 1. The lowest BCUT2D eigenvalue weighted by Gasteiger charge is -2.22. The Bertz CT molecular complexity index is 721. The molecular formula is C19H30ClN3O3S. The lowest BCUT2D eigenvalue weighted by atomic mass is 9.92. The number of nitrogens with zero attached hydrogens (tertiary/aromatic N) is 2. The fourth-order valence-corrected chi connectivity index (χ4v) is 5.54. The first-order valence-electron chi connectivity index (χ1n) is 9.57. The lowest BCUT2D eigenvalue weighted by Crippen LogP contribution is -2.33. The van der Waals surface area contributed by atoms with Crippen molar-refractivity contribution in [3.63, 3.8) is 0 Å². The highest BCUT2D eigenvalue weighted by Gasteiger charge is 2.31. The van der Waals surface area contributed by atoms with Crippen molar-refractivity contribution in [3.05, 3.63) is 29.8 Å². The van der Waals surface area contributed by atoms with Gasteiger partial charge in [0.2, 0.25) is 10.0 Å². The van der Waals surface area contributed by atoms with Crippen molar-refractivity contribution in [2.75, 3.05) is 39.3 Å². The van der Waals surface area contributed by atoms with Crippen molar-refractivity contribution >= 4 is 28.3 Å². The first-order valence-corrected chi connectivity index (χ1v) is 11.0. The Balaban J connectivity index is 0.00000261. The third kappa shape index (κ3) is 4.65. The molecule has 0 aliphatic carbocycles. The predicted octanol–water partition coefficient (Wildman–Crippen LogP) is 2.21. The molecule has 6 nitrogen and oxygen atoms in total. The van der Waals surface area contributed by atoms with Gasteiger partial charge in [-0.15, -0.1) is 12.4 Å². The summed E-state index contributed by atoms with van der Waals surface area (Å²) < 4.78 is 26.5. The maximum atomic E-state index is 12.8. The molecular weight excluding hydrogens is 386 g/mol. The van der Waals surface area contributed by atoms with Gasteiger partial charge < -0.3 is 10.2 Å². The van der Waals surface area contributed by atoms with E-state index in [4.69, 9.17) is 0 Å². The average Bonchev–Trinajstić information content (AvgIpc) is 3.00. The topological polar surface area (TPSA) is 69.7 Å². The normalized spacial score (nSPS) is 22.9. The van der Waals surface area contributed by atoms with E-state index in [0.29, 0.717) is 30.5 Å².